The van der Waals surface area contributed by atoms with Gasteiger partial charge in [0.25, 0.3) is 5.56 Å². The van der Waals surface area contributed by atoms with Crippen molar-refractivity contribution in [2.45, 2.75) is 31.2 Å². The third kappa shape index (κ3) is 3.10. The van der Waals surface area contributed by atoms with Crippen LogP contribution < -0.4 is 17.0 Å². The molecule has 3 heterocycles. The zero-order valence-electron chi connectivity index (χ0n) is 14.8. The van der Waals surface area contributed by atoms with E-state index in [1.807, 2.05) is 0 Å². The van der Waals surface area contributed by atoms with Gasteiger partial charge in [-0.2, -0.15) is 4.98 Å². The van der Waals surface area contributed by atoms with E-state index in [9.17, 15) is 28.6 Å². The maximum absolute atomic E-state index is 14.2. The lowest BCUT2D eigenvalue weighted by molar-refractivity contribution is -0.0513. The number of benzene rings is 1. The molecule has 1 saturated heterocycles. The molecule has 12 heteroatoms. The summed E-state index contributed by atoms with van der Waals surface area (Å²) in [4.78, 5) is 31.8. The van der Waals surface area contributed by atoms with Crippen LogP contribution in [0.5, 0.6) is 0 Å². The molecule has 1 aliphatic rings. The lowest BCUT2D eigenvalue weighted by atomic mass is 10.1. The number of aromatic amines is 1. The van der Waals surface area contributed by atoms with Gasteiger partial charge in [-0.3, -0.25) is 14.3 Å². The van der Waals surface area contributed by atoms with Crippen molar-refractivity contribution in [2.24, 2.45) is 0 Å². The van der Waals surface area contributed by atoms with Crippen LogP contribution in [0.1, 0.15) is 11.8 Å². The van der Waals surface area contributed by atoms with Crippen LogP contribution in [0.15, 0.2) is 33.9 Å². The van der Waals surface area contributed by atoms with Crippen LogP contribution >= 0.6 is 0 Å². The minimum Gasteiger partial charge on any atom is -0.394 e. The molecule has 0 radical (unpaired) electrons. The summed E-state index contributed by atoms with van der Waals surface area (Å²) in [7, 11) is 0. The number of nitrogens with two attached hydrogens (primary N) is 1. The lowest BCUT2D eigenvalue weighted by Crippen LogP contribution is -2.34. The number of imidazole rings is 1. The number of H-pyrrole nitrogens is 1. The molecule has 29 heavy (non-hydrogen) atoms. The summed E-state index contributed by atoms with van der Waals surface area (Å²) in [5.74, 6) is -0.835. The Hall–Kier alpha value is -3.09. The molecular weight excluding hydrogens is 392 g/mol. The molecule has 3 aromatic rings. The summed E-state index contributed by atoms with van der Waals surface area (Å²) < 4.78 is 34.8. The van der Waals surface area contributed by atoms with E-state index in [2.05, 4.69) is 9.97 Å². The first-order valence-corrected chi connectivity index (χ1v) is 8.65. The number of halogens is 2. The number of alkyl halides is 1. The Balaban J connectivity index is 1.93. The number of fused-ring (bicyclic) bond motifs is 1. The van der Waals surface area contributed by atoms with E-state index in [0.29, 0.717) is 5.56 Å². The molecule has 5 N–H and O–H groups in total. The van der Waals surface area contributed by atoms with Gasteiger partial charge in [0, 0.05) is 0 Å². The first-order valence-electron chi connectivity index (χ1n) is 8.65. The van der Waals surface area contributed by atoms with E-state index < -0.39 is 48.3 Å². The highest BCUT2D eigenvalue weighted by atomic mass is 19.1. The Morgan fingerprint density at radius 1 is 1.34 bits per heavy atom. The smallest absolute Gasteiger partial charge is 0.333 e. The molecule has 4 atom stereocenters. The van der Waals surface area contributed by atoms with Gasteiger partial charge < -0.3 is 20.7 Å². The standard InChI is InChI=1S/C17H17F2N5O5/c18-8-3-1-2-7(4-8)5-23-11-13(21-16(20)22-14(11)27)24(17(23)28)15-12(26)10(19)9(6-25)29-15/h1-4,9-10,12,15,25-26H,5-6H2,(H3,20,21,22,27)/t9-,10-,12-,15-/m1/s1. The predicted octanol–water partition coefficient (Wildman–Crippen LogP) is -0.755. The zero-order valence-corrected chi connectivity index (χ0v) is 14.8. The molecule has 2 aromatic heterocycles. The minimum absolute atomic E-state index is 0.194. The average molecular weight is 409 g/mol. The Labute approximate surface area is 160 Å². The van der Waals surface area contributed by atoms with Crippen molar-refractivity contribution in [3.8, 4) is 0 Å². The number of nitrogen functional groups attached to an aromatic ring is 1. The third-order valence-electron chi connectivity index (χ3n) is 4.78. The summed E-state index contributed by atoms with van der Waals surface area (Å²) in [6.07, 6.45) is -6.65. The maximum atomic E-state index is 14.2. The quantitative estimate of drug-likeness (QED) is 0.443. The van der Waals surface area contributed by atoms with Crippen LogP contribution in [-0.2, 0) is 11.3 Å². The van der Waals surface area contributed by atoms with Gasteiger partial charge in [0.2, 0.25) is 5.95 Å². The van der Waals surface area contributed by atoms with Crippen molar-refractivity contribution in [1.29, 1.82) is 0 Å². The Bertz CT molecular complexity index is 1190. The number of aliphatic hydroxyl groups excluding tert-OH is 2. The summed E-state index contributed by atoms with van der Waals surface area (Å²) in [6, 6.07) is 5.41. The number of hydrogen-bond donors (Lipinski definition) is 4. The van der Waals surface area contributed by atoms with Crippen LogP contribution in [0, 0.1) is 5.82 Å². The molecule has 0 amide bonds. The van der Waals surface area contributed by atoms with Crippen molar-refractivity contribution >= 4 is 17.1 Å². The molecule has 0 spiro atoms. The molecule has 0 unspecified atom stereocenters. The van der Waals surface area contributed by atoms with Crippen LogP contribution in [-0.4, -0.2) is 54.3 Å². The van der Waals surface area contributed by atoms with Crippen molar-refractivity contribution < 1.29 is 23.7 Å². The number of hydrogen-bond acceptors (Lipinski definition) is 7. The van der Waals surface area contributed by atoms with Crippen LogP contribution in [0.25, 0.3) is 11.2 Å². The highest BCUT2D eigenvalue weighted by Gasteiger charge is 2.46. The van der Waals surface area contributed by atoms with Gasteiger partial charge in [-0.1, -0.05) is 12.1 Å². The first-order chi connectivity index (χ1) is 13.8. The predicted molar refractivity (Wildman–Crippen MR) is 96.4 cm³/mol. The van der Waals surface area contributed by atoms with Crippen LogP contribution in [0.4, 0.5) is 14.7 Å². The number of rotatable bonds is 4. The summed E-state index contributed by atoms with van der Waals surface area (Å²) in [5, 5.41) is 19.4. The monoisotopic (exact) mass is 409 g/mol. The average Bonchev–Trinajstić information content (AvgIpc) is 3.09. The van der Waals surface area contributed by atoms with E-state index in [4.69, 9.17) is 10.5 Å². The second-order valence-corrected chi connectivity index (χ2v) is 6.67. The Morgan fingerprint density at radius 3 is 2.76 bits per heavy atom. The van der Waals surface area contributed by atoms with Crippen molar-refractivity contribution in [2.75, 3.05) is 12.3 Å². The number of nitrogens with zero attached hydrogens (tertiary/aromatic N) is 3. The molecule has 0 saturated carbocycles. The fourth-order valence-corrected chi connectivity index (χ4v) is 3.46. The number of nitrogens with one attached hydrogen (secondary N) is 1. The summed E-state index contributed by atoms with van der Waals surface area (Å²) in [6.45, 7) is -0.915. The van der Waals surface area contributed by atoms with Crippen LogP contribution in [0.3, 0.4) is 0 Å². The molecule has 10 nitrogen and oxygen atoms in total. The number of aliphatic hydroxyl groups is 2. The van der Waals surface area contributed by atoms with E-state index in [1.165, 1.54) is 18.2 Å². The van der Waals surface area contributed by atoms with Gasteiger partial charge in [0.15, 0.2) is 23.6 Å². The van der Waals surface area contributed by atoms with E-state index in [0.717, 1.165) is 9.13 Å². The zero-order chi connectivity index (χ0) is 20.9. The molecule has 1 fully saturated rings. The SMILES string of the molecule is Nc1nc2c(c(=O)[nH]1)n(Cc1cccc(F)c1)c(=O)n2[C@@H]1O[C@H](CO)[C@@H](F)[C@H]1O. The molecule has 1 aromatic carbocycles. The molecule has 1 aliphatic heterocycles. The fourth-order valence-electron chi connectivity index (χ4n) is 3.46. The number of anilines is 1. The molecule has 0 aliphatic carbocycles. The second kappa shape index (κ2) is 7.06. The summed E-state index contributed by atoms with van der Waals surface area (Å²) >= 11 is 0. The van der Waals surface area contributed by atoms with Gasteiger partial charge in [-0.25, -0.2) is 18.1 Å². The van der Waals surface area contributed by atoms with Gasteiger partial charge in [0.1, 0.15) is 18.0 Å². The molecule has 4 rings (SSSR count). The highest BCUT2D eigenvalue weighted by Crippen LogP contribution is 2.32. The second-order valence-electron chi connectivity index (χ2n) is 6.67. The lowest BCUT2D eigenvalue weighted by Gasteiger charge is -2.15. The van der Waals surface area contributed by atoms with Gasteiger partial charge in [0.05, 0.1) is 13.2 Å². The largest absolute Gasteiger partial charge is 0.394 e. The topological polar surface area (TPSA) is 148 Å². The van der Waals surface area contributed by atoms with Crippen molar-refractivity contribution in [1.82, 2.24) is 19.1 Å². The van der Waals surface area contributed by atoms with Gasteiger partial charge in [-0.15, -0.1) is 0 Å². The van der Waals surface area contributed by atoms with E-state index >= 15 is 0 Å². The minimum atomic E-state index is -1.96. The Morgan fingerprint density at radius 2 is 2.10 bits per heavy atom. The number of ether oxygens (including phenoxy) is 1. The normalized spacial score (nSPS) is 24.4. The number of aromatic nitrogens is 4. The fraction of sp³-hybridized carbons (Fsp3) is 0.353. The maximum Gasteiger partial charge on any atom is 0.333 e. The third-order valence-corrected chi connectivity index (χ3v) is 4.78. The molecular formula is C17H17F2N5O5. The first kappa shape index (κ1) is 19.2. The van der Waals surface area contributed by atoms with Crippen molar-refractivity contribution in [3.63, 3.8) is 0 Å². The van der Waals surface area contributed by atoms with Crippen LogP contribution in [0.2, 0.25) is 0 Å². The van der Waals surface area contributed by atoms with Gasteiger partial charge in [-0.05, 0) is 17.7 Å². The highest BCUT2D eigenvalue weighted by molar-refractivity contribution is 5.72. The van der Waals surface area contributed by atoms with E-state index in [-0.39, 0.29) is 23.7 Å². The van der Waals surface area contributed by atoms with Crippen molar-refractivity contribution in [3.05, 3.63) is 56.5 Å². The van der Waals surface area contributed by atoms with Gasteiger partial charge >= 0.3 is 5.69 Å². The molecule has 154 valence electrons. The summed E-state index contributed by atoms with van der Waals surface area (Å²) in [5.41, 5.74) is 3.93. The molecule has 0 bridgehead atoms. The van der Waals surface area contributed by atoms with E-state index in [1.54, 1.807) is 6.07 Å². The Kier molecular flexibility index (Phi) is 4.68.